The van der Waals surface area contributed by atoms with Crippen LogP contribution in [0.4, 0.5) is 5.69 Å². The van der Waals surface area contributed by atoms with Gasteiger partial charge in [-0.05, 0) is 31.3 Å². The van der Waals surface area contributed by atoms with Gasteiger partial charge in [0.05, 0.1) is 11.0 Å². The predicted octanol–water partition coefficient (Wildman–Crippen LogP) is 3.08. The van der Waals surface area contributed by atoms with Gasteiger partial charge in [0.15, 0.2) is 0 Å². The molecule has 0 bridgehead atoms. The third-order valence-electron chi connectivity index (χ3n) is 3.85. The number of imidazole rings is 1. The highest BCUT2D eigenvalue weighted by Crippen LogP contribution is 2.23. The van der Waals surface area contributed by atoms with Gasteiger partial charge in [0, 0.05) is 24.7 Å². The molecule has 2 rings (SSSR count). The van der Waals surface area contributed by atoms with Gasteiger partial charge < -0.3 is 15.2 Å². The zero-order valence-corrected chi connectivity index (χ0v) is 13.1. The first-order valence-corrected chi connectivity index (χ1v) is 7.54. The number of anilines is 1. The first-order valence-electron chi connectivity index (χ1n) is 7.54. The van der Waals surface area contributed by atoms with E-state index in [9.17, 15) is 0 Å². The van der Waals surface area contributed by atoms with E-state index in [0.29, 0.717) is 5.92 Å². The van der Waals surface area contributed by atoms with Crippen molar-refractivity contribution in [3.63, 3.8) is 0 Å². The molecule has 0 radical (unpaired) electrons. The molecule has 0 saturated carbocycles. The fourth-order valence-corrected chi connectivity index (χ4v) is 2.62. The number of fused-ring (bicyclic) bond motifs is 1. The van der Waals surface area contributed by atoms with Crippen LogP contribution in [0.1, 0.15) is 39.4 Å². The molecule has 0 spiro atoms. The van der Waals surface area contributed by atoms with Gasteiger partial charge in [0.2, 0.25) is 0 Å². The molecule has 110 valence electrons. The van der Waals surface area contributed by atoms with Crippen LogP contribution >= 0.6 is 0 Å². The minimum Gasteiger partial charge on any atom is -0.399 e. The highest BCUT2D eigenvalue weighted by Gasteiger charge is 2.14. The van der Waals surface area contributed by atoms with E-state index in [4.69, 9.17) is 10.7 Å². The Morgan fingerprint density at radius 2 is 1.95 bits per heavy atom. The topological polar surface area (TPSA) is 47.1 Å². The Balaban J connectivity index is 2.36. The largest absolute Gasteiger partial charge is 0.399 e. The molecule has 20 heavy (non-hydrogen) atoms. The summed E-state index contributed by atoms with van der Waals surface area (Å²) in [6.07, 6.45) is 0. The molecule has 1 aromatic heterocycles. The van der Waals surface area contributed by atoms with Crippen molar-refractivity contribution in [1.82, 2.24) is 14.5 Å². The summed E-state index contributed by atoms with van der Waals surface area (Å²) in [6, 6.07) is 6.02. The molecule has 1 heterocycles. The number of likely N-dealkylation sites (N-methyl/N-ethyl adjacent to an activating group) is 1. The summed E-state index contributed by atoms with van der Waals surface area (Å²) in [4.78, 5) is 7.20. The van der Waals surface area contributed by atoms with Crippen LogP contribution in [0, 0.1) is 0 Å². The molecule has 4 nitrogen and oxygen atoms in total. The molecule has 0 aliphatic heterocycles. The fraction of sp³-hybridized carbons (Fsp3) is 0.562. The quantitative estimate of drug-likeness (QED) is 0.823. The SMILES string of the molecule is CCN(CC)CCn1c(C(C)C)nc2cc(N)ccc21. The molecule has 1 aromatic carbocycles. The molecule has 0 unspecified atom stereocenters. The van der Waals surface area contributed by atoms with Crippen molar-refractivity contribution < 1.29 is 0 Å². The van der Waals surface area contributed by atoms with Crippen LogP contribution in [0.15, 0.2) is 18.2 Å². The number of nitrogens with zero attached hydrogens (tertiary/aromatic N) is 3. The Labute approximate surface area is 121 Å². The Bertz CT molecular complexity index is 567. The number of nitrogens with two attached hydrogens (primary N) is 1. The Hall–Kier alpha value is -1.55. The molecule has 0 amide bonds. The van der Waals surface area contributed by atoms with Crippen molar-refractivity contribution in [2.45, 2.75) is 40.2 Å². The summed E-state index contributed by atoms with van der Waals surface area (Å²) in [6.45, 7) is 13.0. The summed E-state index contributed by atoms with van der Waals surface area (Å²) in [5.74, 6) is 1.57. The summed E-state index contributed by atoms with van der Waals surface area (Å²) in [5.41, 5.74) is 8.84. The number of hydrogen-bond acceptors (Lipinski definition) is 3. The van der Waals surface area contributed by atoms with Crippen molar-refractivity contribution >= 4 is 16.7 Å². The molecule has 4 heteroatoms. The van der Waals surface area contributed by atoms with E-state index < -0.39 is 0 Å². The second-order valence-electron chi connectivity index (χ2n) is 5.55. The van der Waals surface area contributed by atoms with Gasteiger partial charge in [0.1, 0.15) is 5.82 Å². The van der Waals surface area contributed by atoms with E-state index in [1.165, 1.54) is 5.52 Å². The van der Waals surface area contributed by atoms with E-state index in [1.54, 1.807) is 0 Å². The smallest absolute Gasteiger partial charge is 0.112 e. The third kappa shape index (κ3) is 2.96. The highest BCUT2D eigenvalue weighted by atomic mass is 15.2. The standard InChI is InChI=1S/C16H26N4/c1-5-19(6-2)9-10-20-15-8-7-13(17)11-14(15)18-16(20)12(3)4/h7-8,11-12H,5-6,9-10,17H2,1-4H3. The second kappa shape index (κ2) is 6.27. The average molecular weight is 274 g/mol. The lowest BCUT2D eigenvalue weighted by atomic mass is 10.2. The second-order valence-corrected chi connectivity index (χ2v) is 5.55. The van der Waals surface area contributed by atoms with E-state index in [-0.39, 0.29) is 0 Å². The maximum atomic E-state index is 5.87. The molecule has 0 saturated heterocycles. The van der Waals surface area contributed by atoms with Gasteiger partial charge in [-0.1, -0.05) is 27.7 Å². The molecule has 0 aliphatic rings. The molecule has 2 N–H and O–H groups in total. The van der Waals surface area contributed by atoms with Crippen LogP contribution < -0.4 is 5.73 Å². The Morgan fingerprint density at radius 3 is 2.55 bits per heavy atom. The lowest BCUT2D eigenvalue weighted by molar-refractivity contribution is 0.290. The van der Waals surface area contributed by atoms with Crippen molar-refractivity contribution in [2.24, 2.45) is 0 Å². The fourth-order valence-electron chi connectivity index (χ4n) is 2.62. The minimum atomic E-state index is 0.417. The molecular weight excluding hydrogens is 248 g/mol. The van der Waals surface area contributed by atoms with Gasteiger partial charge in [-0.25, -0.2) is 4.98 Å². The van der Waals surface area contributed by atoms with E-state index >= 15 is 0 Å². The molecular formula is C16H26N4. The van der Waals surface area contributed by atoms with Gasteiger partial charge >= 0.3 is 0 Å². The monoisotopic (exact) mass is 274 g/mol. The first-order chi connectivity index (χ1) is 9.56. The zero-order chi connectivity index (χ0) is 14.7. The van der Waals surface area contributed by atoms with Crippen LogP contribution in [0.5, 0.6) is 0 Å². The van der Waals surface area contributed by atoms with Gasteiger partial charge in [-0.3, -0.25) is 0 Å². The predicted molar refractivity (Wildman–Crippen MR) is 86.0 cm³/mol. The van der Waals surface area contributed by atoms with Gasteiger partial charge in [-0.15, -0.1) is 0 Å². The Morgan fingerprint density at radius 1 is 1.25 bits per heavy atom. The number of aromatic nitrogens is 2. The van der Waals surface area contributed by atoms with Crippen molar-refractivity contribution in [1.29, 1.82) is 0 Å². The number of hydrogen-bond donors (Lipinski definition) is 1. The summed E-state index contributed by atoms with van der Waals surface area (Å²) >= 11 is 0. The van der Waals surface area contributed by atoms with Crippen LogP contribution in [-0.2, 0) is 6.54 Å². The van der Waals surface area contributed by atoms with Crippen molar-refractivity contribution in [3.8, 4) is 0 Å². The lowest BCUT2D eigenvalue weighted by Gasteiger charge is -2.20. The van der Waals surface area contributed by atoms with Crippen LogP contribution in [0.3, 0.4) is 0 Å². The highest BCUT2D eigenvalue weighted by molar-refractivity contribution is 5.79. The molecule has 0 atom stereocenters. The van der Waals surface area contributed by atoms with Crippen molar-refractivity contribution in [2.75, 3.05) is 25.4 Å². The van der Waals surface area contributed by atoms with E-state index in [0.717, 1.165) is 43.2 Å². The first kappa shape index (κ1) is 14.9. The summed E-state index contributed by atoms with van der Waals surface area (Å²) in [7, 11) is 0. The normalized spacial score (nSPS) is 11.9. The van der Waals surface area contributed by atoms with Crippen LogP contribution in [0.25, 0.3) is 11.0 Å². The summed E-state index contributed by atoms with van der Waals surface area (Å²) in [5, 5.41) is 0. The van der Waals surface area contributed by atoms with Crippen molar-refractivity contribution in [3.05, 3.63) is 24.0 Å². The average Bonchev–Trinajstić information content (AvgIpc) is 2.78. The van der Waals surface area contributed by atoms with Crippen LogP contribution in [0.2, 0.25) is 0 Å². The Kier molecular flexibility index (Phi) is 4.65. The van der Waals surface area contributed by atoms with Gasteiger partial charge in [0.25, 0.3) is 0 Å². The number of nitrogen functional groups attached to an aromatic ring is 1. The third-order valence-corrected chi connectivity index (χ3v) is 3.85. The summed E-state index contributed by atoms with van der Waals surface area (Å²) < 4.78 is 2.34. The lowest BCUT2D eigenvalue weighted by Crippen LogP contribution is -2.27. The van der Waals surface area contributed by atoms with E-state index in [1.807, 2.05) is 12.1 Å². The number of benzene rings is 1. The van der Waals surface area contributed by atoms with Crippen LogP contribution in [-0.4, -0.2) is 34.1 Å². The zero-order valence-electron chi connectivity index (χ0n) is 13.1. The molecule has 0 fully saturated rings. The molecule has 2 aromatic rings. The van der Waals surface area contributed by atoms with Gasteiger partial charge in [-0.2, -0.15) is 0 Å². The maximum absolute atomic E-state index is 5.87. The maximum Gasteiger partial charge on any atom is 0.112 e. The molecule has 0 aliphatic carbocycles. The number of rotatable bonds is 6. The van der Waals surface area contributed by atoms with E-state index in [2.05, 4.69) is 43.2 Å². The minimum absolute atomic E-state index is 0.417.